The van der Waals surface area contributed by atoms with Gasteiger partial charge in [0, 0.05) is 34.6 Å². The minimum atomic E-state index is -0.00250. The van der Waals surface area contributed by atoms with Gasteiger partial charge in [0.15, 0.2) is 5.78 Å². The molecule has 3 aromatic rings. The molecule has 0 aliphatic heterocycles. The van der Waals surface area contributed by atoms with Crippen LogP contribution in [0, 0.1) is 13.8 Å². The average Bonchev–Trinajstić information content (AvgIpc) is 2.46. The number of benzene rings is 1. The molecule has 0 aliphatic carbocycles. The summed E-state index contributed by atoms with van der Waals surface area (Å²) < 4.78 is 0. The van der Waals surface area contributed by atoms with Crippen LogP contribution >= 0.6 is 0 Å². The van der Waals surface area contributed by atoms with E-state index in [1.54, 1.807) is 12.4 Å². The Morgan fingerprint density at radius 1 is 1.05 bits per heavy atom. The molecule has 2 aromatic heterocycles. The van der Waals surface area contributed by atoms with E-state index in [-0.39, 0.29) is 5.78 Å². The van der Waals surface area contributed by atoms with Crippen molar-refractivity contribution >= 4 is 16.7 Å². The van der Waals surface area contributed by atoms with Crippen LogP contribution in [-0.2, 0) is 0 Å². The van der Waals surface area contributed by atoms with E-state index in [2.05, 4.69) is 9.97 Å². The Labute approximate surface area is 117 Å². The standard InChI is InChI=1S/C17H14N2O/c1-11-7-8-18-10-15(11)17(20)14-9-12(2)19-16-6-4-3-5-13(14)16/h3-10H,1-2H3. The Morgan fingerprint density at radius 2 is 1.85 bits per heavy atom. The highest BCUT2D eigenvalue weighted by Gasteiger charge is 2.15. The first-order valence-corrected chi connectivity index (χ1v) is 6.48. The Kier molecular flexibility index (Phi) is 3.03. The van der Waals surface area contributed by atoms with Crippen molar-refractivity contribution in [3.05, 3.63) is 71.2 Å². The molecule has 3 rings (SSSR count). The maximum absolute atomic E-state index is 12.8. The zero-order valence-electron chi connectivity index (χ0n) is 11.4. The largest absolute Gasteiger partial charge is 0.289 e. The van der Waals surface area contributed by atoms with Crippen molar-refractivity contribution in [2.75, 3.05) is 0 Å². The van der Waals surface area contributed by atoms with E-state index in [0.717, 1.165) is 22.2 Å². The van der Waals surface area contributed by atoms with Crippen molar-refractivity contribution in [3.8, 4) is 0 Å². The fourth-order valence-electron chi connectivity index (χ4n) is 2.34. The summed E-state index contributed by atoms with van der Waals surface area (Å²) in [6, 6.07) is 11.4. The van der Waals surface area contributed by atoms with Crippen molar-refractivity contribution in [2.24, 2.45) is 0 Å². The fraction of sp³-hybridized carbons (Fsp3) is 0.118. The highest BCUT2D eigenvalue weighted by molar-refractivity contribution is 6.16. The van der Waals surface area contributed by atoms with Crippen LogP contribution in [0.25, 0.3) is 10.9 Å². The molecule has 0 bridgehead atoms. The first-order valence-electron chi connectivity index (χ1n) is 6.48. The number of carbonyl (C=O) groups excluding carboxylic acids is 1. The Morgan fingerprint density at radius 3 is 2.65 bits per heavy atom. The SMILES string of the molecule is Cc1cc(C(=O)c2cnccc2C)c2ccccc2n1. The number of aryl methyl sites for hydroxylation is 2. The minimum absolute atomic E-state index is 0.00250. The van der Waals surface area contributed by atoms with Gasteiger partial charge in [-0.25, -0.2) is 0 Å². The van der Waals surface area contributed by atoms with Crippen LogP contribution in [0.15, 0.2) is 48.8 Å². The zero-order chi connectivity index (χ0) is 14.1. The van der Waals surface area contributed by atoms with E-state index in [4.69, 9.17) is 0 Å². The summed E-state index contributed by atoms with van der Waals surface area (Å²) in [7, 11) is 0. The summed E-state index contributed by atoms with van der Waals surface area (Å²) in [5, 5.41) is 0.881. The molecule has 0 amide bonds. The molecule has 0 atom stereocenters. The summed E-state index contributed by atoms with van der Waals surface area (Å²) in [6.45, 7) is 3.82. The molecule has 3 nitrogen and oxygen atoms in total. The van der Waals surface area contributed by atoms with E-state index in [1.807, 2.05) is 50.2 Å². The van der Waals surface area contributed by atoms with Gasteiger partial charge in [0.05, 0.1) is 5.52 Å². The van der Waals surface area contributed by atoms with E-state index >= 15 is 0 Å². The van der Waals surface area contributed by atoms with Gasteiger partial charge in [0.2, 0.25) is 0 Å². The van der Waals surface area contributed by atoms with Crippen molar-refractivity contribution in [2.45, 2.75) is 13.8 Å². The van der Waals surface area contributed by atoms with Gasteiger partial charge in [-0.05, 0) is 37.6 Å². The highest BCUT2D eigenvalue weighted by atomic mass is 16.1. The number of para-hydroxylation sites is 1. The van der Waals surface area contributed by atoms with Crippen LogP contribution < -0.4 is 0 Å². The normalized spacial score (nSPS) is 10.7. The topological polar surface area (TPSA) is 42.9 Å². The molecule has 98 valence electrons. The first-order chi connectivity index (χ1) is 9.66. The van der Waals surface area contributed by atoms with Crippen LogP contribution in [0.3, 0.4) is 0 Å². The van der Waals surface area contributed by atoms with Gasteiger partial charge in [-0.1, -0.05) is 18.2 Å². The van der Waals surface area contributed by atoms with Crippen molar-refractivity contribution < 1.29 is 4.79 Å². The van der Waals surface area contributed by atoms with Crippen LogP contribution in [0.4, 0.5) is 0 Å². The maximum Gasteiger partial charge on any atom is 0.195 e. The molecule has 0 N–H and O–H groups in total. The average molecular weight is 262 g/mol. The smallest absolute Gasteiger partial charge is 0.195 e. The third kappa shape index (κ3) is 2.07. The summed E-state index contributed by atoms with van der Waals surface area (Å²) in [4.78, 5) is 21.3. The Balaban J connectivity index is 2.24. The maximum atomic E-state index is 12.8. The molecule has 0 spiro atoms. The number of hydrogen-bond acceptors (Lipinski definition) is 3. The molecule has 0 saturated heterocycles. The molecule has 0 radical (unpaired) electrons. The van der Waals surface area contributed by atoms with E-state index in [9.17, 15) is 4.79 Å². The first kappa shape index (κ1) is 12.5. The van der Waals surface area contributed by atoms with E-state index in [0.29, 0.717) is 11.1 Å². The van der Waals surface area contributed by atoms with Gasteiger partial charge in [0.1, 0.15) is 0 Å². The Bertz CT molecular complexity index is 809. The fourth-order valence-corrected chi connectivity index (χ4v) is 2.34. The lowest BCUT2D eigenvalue weighted by atomic mass is 9.97. The van der Waals surface area contributed by atoms with Gasteiger partial charge in [-0.2, -0.15) is 0 Å². The van der Waals surface area contributed by atoms with Crippen molar-refractivity contribution in [1.29, 1.82) is 0 Å². The van der Waals surface area contributed by atoms with Crippen LogP contribution in [0.2, 0.25) is 0 Å². The second kappa shape index (κ2) is 4.85. The molecule has 1 aromatic carbocycles. The quantitative estimate of drug-likeness (QED) is 0.664. The zero-order valence-corrected chi connectivity index (χ0v) is 11.4. The second-order valence-corrected chi connectivity index (χ2v) is 4.85. The minimum Gasteiger partial charge on any atom is -0.289 e. The third-order valence-electron chi connectivity index (χ3n) is 3.37. The van der Waals surface area contributed by atoms with Gasteiger partial charge in [-0.3, -0.25) is 14.8 Å². The lowest BCUT2D eigenvalue weighted by Gasteiger charge is -2.08. The monoisotopic (exact) mass is 262 g/mol. The highest BCUT2D eigenvalue weighted by Crippen LogP contribution is 2.22. The van der Waals surface area contributed by atoms with Crippen molar-refractivity contribution in [1.82, 2.24) is 9.97 Å². The number of rotatable bonds is 2. The summed E-state index contributed by atoms with van der Waals surface area (Å²) >= 11 is 0. The molecular weight excluding hydrogens is 248 g/mol. The number of aromatic nitrogens is 2. The molecule has 0 saturated carbocycles. The third-order valence-corrected chi connectivity index (χ3v) is 3.37. The predicted molar refractivity (Wildman–Crippen MR) is 78.9 cm³/mol. The van der Waals surface area contributed by atoms with Crippen LogP contribution in [-0.4, -0.2) is 15.8 Å². The molecule has 2 heterocycles. The molecular formula is C17H14N2O. The second-order valence-electron chi connectivity index (χ2n) is 4.85. The number of pyridine rings is 2. The lowest BCUT2D eigenvalue weighted by Crippen LogP contribution is -2.06. The number of fused-ring (bicyclic) bond motifs is 1. The van der Waals surface area contributed by atoms with E-state index < -0.39 is 0 Å². The number of ketones is 1. The van der Waals surface area contributed by atoms with Gasteiger partial charge in [-0.15, -0.1) is 0 Å². The van der Waals surface area contributed by atoms with Gasteiger partial charge >= 0.3 is 0 Å². The van der Waals surface area contributed by atoms with Crippen LogP contribution in [0.5, 0.6) is 0 Å². The van der Waals surface area contributed by atoms with Crippen molar-refractivity contribution in [3.63, 3.8) is 0 Å². The number of hydrogen-bond donors (Lipinski definition) is 0. The van der Waals surface area contributed by atoms with Gasteiger partial charge in [0.25, 0.3) is 0 Å². The molecule has 20 heavy (non-hydrogen) atoms. The molecule has 0 aliphatic rings. The number of nitrogens with zero attached hydrogens (tertiary/aromatic N) is 2. The number of carbonyl (C=O) groups is 1. The summed E-state index contributed by atoms with van der Waals surface area (Å²) in [5.41, 5.74) is 3.95. The van der Waals surface area contributed by atoms with E-state index in [1.165, 1.54) is 0 Å². The molecule has 0 fully saturated rings. The molecule has 3 heteroatoms. The lowest BCUT2D eigenvalue weighted by molar-refractivity contribution is 0.103. The summed E-state index contributed by atoms with van der Waals surface area (Å²) in [5.74, 6) is -0.00250. The van der Waals surface area contributed by atoms with Crippen LogP contribution in [0.1, 0.15) is 27.2 Å². The Hall–Kier alpha value is -2.55. The van der Waals surface area contributed by atoms with Gasteiger partial charge < -0.3 is 0 Å². The summed E-state index contributed by atoms with van der Waals surface area (Å²) in [6.07, 6.45) is 3.32. The molecule has 0 unspecified atom stereocenters. The predicted octanol–water partition coefficient (Wildman–Crippen LogP) is 3.48.